The average Bonchev–Trinajstić information content (AvgIpc) is 3.21. The monoisotopic (exact) mass is 393 g/mol. The van der Waals surface area contributed by atoms with Gasteiger partial charge in [0, 0.05) is 46.2 Å². The van der Waals surface area contributed by atoms with Crippen molar-refractivity contribution in [3.63, 3.8) is 0 Å². The van der Waals surface area contributed by atoms with Crippen LogP contribution in [0.25, 0.3) is 0 Å². The number of likely N-dealkylation sites (tertiary alicyclic amines) is 1. The van der Waals surface area contributed by atoms with E-state index in [1.165, 1.54) is 6.92 Å². The van der Waals surface area contributed by atoms with Gasteiger partial charge in [0.2, 0.25) is 11.8 Å². The minimum absolute atomic E-state index is 0.00170. The zero-order valence-electron chi connectivity index (χ0n) is 15.7. The molecule has 2 saturated heterocycles. The molecule has 27 heavy (non-hydrogen) atoms. The van der Waals surface area contributed by atoms with E-state index in [9.17, 15) is 18.0 Å². The molecule has 1 unspecified atom stereocenters. The molecule has 1 atom stereocenters. The number of sulfone groups is 1. The Balaban J connectivity index is 1.65. The van der Waals surface area contributed by atoms with E-state index in [0.717, 1.165) is 25.9 Å². The lowest BCUT2D eigenvalue weighted by atomic mass is 10.1. The molecule has 0 bridgehead atoms. The van der Waals surface area contributed by atoms with Crippen molar-refractivity contribution in [2.24, 2.45) is 0 Å². The summed E-state index contributed by atoms with van der Waals surface area (Å²) in [6.07, 6.45) is 2.00. The molecule has 0 N–H and O–H groups in total. The second kappa shape index (κ2) is 8.39. The van der Waals surface area contributed by atoms with Gasteiger partial charge in [-0.3, -0.25) is 14.5 Å². The van der Waals surface area contributed by atoms with Crippen LogP contribution < -0.4 is 0 Å². The average molecular weight is 394 g/mol. The molecule has 3 rings (SSSR count). The van der Waals surface area contributed by atoms with Crippen LogP contribution in [0.3, 0.4) is 0 Å². The third-order valence-corrected chi connectivity index (χ3v) is 7.06. The number of benzene rings is 1. The van der Waals surface area contributed by atoms with Crippen molar-refractivity contribution in [1.82, 2.24) is 14.7 Å². The number of hydrogen-bond donors (Lipinski definition) is 0. The van der Waals surface area contributed by atoms with E-state index in [1.54, 1.807) is 35.2 Å². The number of carbonyl (C=O) groups excluding carboxylic acids is 2. The van der Waals surface area contributed by atoms with Crippen molar-refractivity contribution in [1.29, 1.82) is 0 Å². The van der Waals surface area contributed by atoms with Gasteiger partial charge in [-0.05, 0) is 25.0 Å². The van der Waals surface area contributed by atoms with E-state index >= 15 is 0 Å². The van der Waals surface area contributed by atoms with Crippen LogP contribution in [0.5, 0.6) is 0 Å². The molecule has 2 aliphatic heterocycles. The molecule has 0 aromatic heterocycles. The molecule has 1 aromatic carbocycles. The molecule has 2 amide bonds. The molecule has 0 radical (unpaired) electrons. The van der Waals surface area contributed by atoms with Crippen LogP contribution in [0.2, 0.25) is 0 Å². The second-order valence-corrected chi connectivity index (χ2v) is 9.30. The second-order valence-electron chi connectivity index (χ2n) is 7.19. The SMILES string of the molecule is CC(=O)N1CCN(CCS(=O)(=O)c2ccccc2)CC1C(=O)N1CCCC1. The highest BCUT2D eigenvalue weighted by Crippen LogP contribution is 2.18. The van der Waals surface area contributed by atoms with Gasteiger partial charge in [0.1, 0.15) is 6.04 Å². The lowest BCUT2D eigenvalue weighted by Crippen LogP contribution is -2.60. The van der Waals surface area contributed by atoms with Crippen molar-refractivity contribution >= 4 is 21.7 Å². The zero-order chi connectivity index (χ0) is 19.4. The van der Waals surface area contributed by atoms with Gasteiger partial charge in [0.05, 0.1) is 10.6 Å². The number of amides is 2. The Kier molecular flexibility index (Phi) is 6.16. The summed E-state index contributed by atoms with van der Waals surface area (Å²) < 4.78 is 25.0. The lowest BCUT2D eigenvalue weighted by molar-refractivity contribution is -0.147. The summed E-state index contributed by atoms with van der Waals surface area (Å²) in [5.74, 6) is -0.121. The van der Waals surface area contributed by atoms with Crippen molar-refractivity contribution < 1.29 is 18.0 Å². The van der Waals surface area contributed by atoms with Crippen LogP contribution in [0.15, 0.2) is 35.2 Å². The predicted molar refractivity (Wildman–Crippen MR) is 102 cm³/mol. The molecule has 2 aliphatic rings. The Morgan fingerprint density at radius 1 is 1.04 bits per heavy atom. The molecule has 2 heterocycles. The summed E-state index contributed by atoms with van der Waals surface area (Å²) in [6, 6.07) is 7.89. The Hall–Kier alpha value is -1.93. The fourth-order valence-electron chi connectivity index (χ4n) is 3.77. The molecular weight excluding hydrogens is 366 g/mol. The standard InChI is InChI=1S/C19H27N3O4S/c1-16(23)22-12-11-20(15-18(22)19(24)21-9-5-6-10-21)13-14-27(25,26)17-7-3-2-4-8-17/h2-4,7-8,18H,5-6,9-15H2,1H3. The lowest BCUT2D eigenvalue weighted by Gasteiger charge is -2.41. The van der Waals surface area contributed by atoms with Gasteiger partial charge in [0.25, 0.3) is 0 Å². The van der Waals surface area contributed by atoms with Crippen molar-refractivity contribution in [2.45, 2.75) is 30.7 Å². The van der Waals surface area contributed by atoms with Crippen molar-refractivity contribution in [3.8, 4) is 0 Å². The normalized spacial score (nSPS) is 21.4. The highest BCUT2D eigenvalue weighted by Gasteiger charge is 2.37. The van der Waals surface area contributed by atoms with Crippen LogP contribution in [0.4, 0.5) is 0 Å². The van der Waals surface area contributed by atoms with Crippen LogP contribution in [-0.2, 0) is 19.4 Å². The zero-order valence-corrected chi connectivity index (χ0v) is 16.5. The topological polar surface area (TPSA) is 78.0 Å². The molecule has 0 aliphatic carbocycles. The van der Waals surface area contributed by atoms with E-state index in [2.05, 4.69) is 0 Å². The molecule has 148 valence electrons. The van der Waals surface area contributed by atoms with Crippen molar-refractivity contribution in [3.05, 3.63) is 30.3 Å². The molecular formula is C19H27N3O4S. The minimum Gasteiger partial charge on any atom is -0.341 e. The number of hydrogen-bond acceptors (Lipinski definition) is 5. The third kappa shape index (κ3) is 4.68. The van der Waals surface area contributed by atoms with Crippen LogP contribution >= 0.6 is 0 Å². The Bertz CT molecular complexity index is 775. The van der Waals surface area contributed by atoms with E-state index in [4.69, 9.17) is 0 Å². The van der Waals surface area contributed by atoms with Gasteiger partial charge in [-0.15, -0.1) is 0 Å². The summed E-state index contributed by atoms with van der Waals surface area (Å²) in [7, 11) is -3.36. The molecule has 7 nitrogen and oxygen atoms in total. The Labute approximate surface area is 160 Å². The third-order valence-electron chi connectivity index (χ3n) is 5.35. The molecule has 0 spiro atoms. The van der Waals surface area contributed by atoms with Crippen LogP contribution in [0, 0.1) is 0 Å². The largest absolute Gasteiger partial charge is 0.341 e. The van der Waals surface area contributed by atoms with Gasteiger partial charge >= 0.3 is 0 Å². The highest BCUT2D eigenvalue weighted by atomic mass is 32.2. The maximum absolute atomic E-state index is 12.9. The maximum Gasteiger partial charge on any atom is 0.246 e. The summed E-state index contributed by atoms with van der Waals surface area (Å²) in [6.45, 7) is 4.73. The summed E-state index contributed by atoms with van der Waals surface area (Å²) in [5, 5.41) is 0. The molecule has 0 saturated carbocycles. The van der Waals surface area contributed by atoms with E-state index in [0.29, 0.717) is 31.1 Å². The Morgan fingerprint density at radius 2 is 1.70 bits per heavy atom. The minimum atomic E-state index is -3.36. The first kappa shape index (κ1) is 19.8. The smallest absolute Gasteiger partial charge is 0.246 e. The maximum atomic E-state index is 12.9. The molecule has 1 aromatic rings. The summed E-state index contributed by atoms with van der Waals surface area (Å²) in [5.41, 5.74) is 0. The highest BCUT2D eigenvalue weighted by molar-refractivity contribution is 7.91. The van der Waals surface area contributed by atoms with E-state index in [-0.39, 0.29) is 17.6 Å². The van der Waals surface area contributed by atoms with Gasteiger partial charge in [-0.1, -0.05) is 18.2 Å². The fraction of sp³-hybridized carbons (Fsp3) is 0.579. The van der Waals surface area contributed by atoms with Gasteiger partial charge in [-0.2, -0.15) is 0 Å². The predicted octanol–water partition coefficient (Wildman–Crippen LogP) is 0.615. The number of piperazine rings is 1. The summed E-state index contributed by atoms with van der Waals surface area (Å²) in [4.78, 5) is 30.6. The Morgan fingerprint density at radius 3 is 2.33 bits per heavy atom. The van der Waals surface area contributed by atoms with Crippen LogP contribution in [0.1, 0.15) is 19.8 Å². The molecule has 8 heteroatoms. The summed E-state index contributed by atoms with van der Waals surface area (Å²) >= 11 is 0. The quantitative estimate of drug-likeness (QED) is 0.733. The number of nitrogens with zero attached hydrogens (tertiary/aromatic N) is 3. The number of carbonyl (C=O) groups is 2. The van der Waals surface area contributed by atoms with Gasteiger partial charge in [-0.25, -0.2) is 8.42 Å². The first-order valence-corrected chi connectivity index (χ1v) is 11.1. The van der Waals surface area contributed by atoms with Gasteiger partial charge < -0.3 is 9.80 Å². The first-order chi connectivity index (χ1) is 12.9. The van der Waals surface area contributed by atoms with Crippen LogP contribution in [-0.4, -0.2) is 86.0 Å². The van der Waals surface area contributed by atoms with Gasteiger partial charge in [0.15, 0.2) is 9.84 Å². The van der Waals surface area contributed by atoms with Crippen molar-refractivity contribution in [2.75, 3.05) is 45.0 Å². The fourth-order valence-corrected chi connectivity index (χ4v) is 5.08. The van der Waals surface area contributed by atoms with E-state index in [1.807, 2.05) is 9.80 Å². The molecule has 2 fully saturated rings. The first-order valence-electron chi connectivity index (χ1n) is 9.44. The van der Waals surface area contributed by atoms with E-state index < -0.39 is 15.9 Å². The number of rotatable bonds is 5.